The van der Waals surface area contributed by atoms with Gasteiger partial charge in [0, 0.05) is 27.2 Å². The molecular weight excluding hydrogens is 142 g/mol. The highest BCUT2D eigenvalue weighted by Crippen LogP contribution is 1.86. The normalized spacial score (nSPS) is 11.7. The first-order chi connectivity index (χ1) is 5.26. The maximum atomic E-state index is 5.59. The topological polar surface area (TPSA) is 50.9 Å². The van der Waals surface area contributed by atoms with E-state index in [4.69, 9.17) is 10.5 Å². The molecule has 0 bridgehead atoms. The molecule has 0 aliphatic heterocycles. The average molecular weight is 159 g/mol. The van der Waals surface area contributed by atoms with E-state index in [2.05, 4.69) is 4.99 Å². The van der Waals surface area contributed by atoms with Crippen molar-refractivity contribution < 1.29 is 4.74 Å². The molecule has 66 valence electrons. The summed E-state index contributed by atoms with van der Waals surface area (Å²) >= 11 is 0. The van der Waals surface area contributed by atoms with Crippen LogP contribution < -0.4 is 5.73 Å². The zero-order chi connectivity index (χ0) is 8.69. The number of nitrogens with two attached hydrogens (primary N) is 1. The summed E-state index contributed by atoms with van der Waals surface area (Å²) < 4.78 is 4.92. The van der Waals surface area contributed by atoms with Crippen molar-refractivity contribution in [2.75, 3.05) is 33.9 Å². The monoisotopic (exact) mass is 159 g/mol. The number of rotatable bonds is 4. The van der Waals surface area contributed by atoms with E-state index in [-0.39, 0.29) is 0 Å². The maximum Gasteiger partial charge on any atom is 0.191 e. The van der Waals surface area contributed by atoms with Gasteiger partial charge in [0.1, 0.15) is 0 Å². The summed E-state index contributed by atoms with van der Waals surface area (Å²) in [6, 6.07) is 0. The van der Waals surface area contributed by atoms with Crippen molar-refractivity contribution >= 4 is 5.96 Å². The van der Waals surface area contributed by atoms with Crippen molar-refractivity contribution in [3.05, 3.63) is 0 Å². The van der Waals surface area contributed by atoms with E-state index >= 15 is 0 Å². The molecule has 0 aromatic rings. The van der Waals surface area contributed by atoms with E-state index in [9.17, 15) is 0 Å². The molecule has 0 radical (unpaired) electrons. The van der Waals surface area contributed by atoms with Gasteiger partial charge in [0.05, 0.1) is 6.61 Å². The van der Waals surface area contributed by atoms with Crippen LogP contribution in [0.15, 0.2) is 4.99 Å². The zero-order valence-electron chi connectivity index (χ0n) is 7.50. The molecule has 0 saturated heterocycles. The number of guanidine groups is 1. The van der Waals surface area contributed by atoms with Crippen LogP contribution in [0.4, 0.5) is 0 Å². The third-order valence-corrected chi connectivity index (χ3v) is 1.50. The second kappa shape index (κ2) is 5.97. The Balaban J connectivity index is 3.75. The predicted octanol–water partition coefficient (Wildman–Crippen LogP) is -0.101. The zero-order valence-corrected chi connectivity index (χ0v) is 7.50. The van der Waals surface area contributed by atoms with Crippen LogP contribution in [0, 0.1) is 0 Å². The highest BCUT2D eigenvalue weighted by Gasteiger charge is 2.02. The second-order valence-corrected chi connectivity index (χ2v) is 2.15. The van der Waals surface area contributed by atoms with Crippen molar-refractivity contribution in [3.63, 3.8) is 0 Å². The minimum absolute atomic E-state index is 0.574. The number of nitrogens with zero attached hydrogens (tertiary/aromatic N) is 2. The average Bonchev–Trinajstić information content (AvgIpc) is 2.05. The molecule has 4 nitrogen and oxygen atoms in total. The van der Waals surface area contributed by atoms with E-state index in [1.165, 1.54) is 0 Å². The third kappa shape index (κ3) is 3.83. The molecule has 11 heavy (non-hydrogen) atoms. The number of hydrogen-bond donors (Lipinski definition) is 1. The Morgan fingerprint density at radius 2 is 2.27 bits per heavy atom. The first-order valence-electron chi connectivity index (χ1n) is 3.72. The van der Waals surface area contributed by atoms with Crippen molar-refractivity contribution in [3.8, 4) is 0 Å². The fourth-order valence-electron chi connectivity index (χ4n) is 0.778. The largest absolute Gasteiger partial charge is 0.383 e. The molecule has 0 rings (SSSR count). The summed E-state index contributed by atoms with van der Waals surface area (Å²) in [5.74, 6) is 0.574. The quantitative estimate of drug-likeness (QED) is 0.460. The Kier molecular flexibility index (Phi) is 5.56. The molecule has 0 heterocycles. The van der Waals surface area contributed by atoms with Gasteiger partial charge in [-0.1, -0.05) is 0 Å². The molecule has 0 aliphatic rings. The van der Waals surface area contributed by atoms with Crippen molar-refractivity contribution in [2.24, 2.45) is 10.7 Å². The lowest BCUT2D eigenvalue weighted by Gasteiger charge is -2.20. The van der Waals surface area contributed by atoms with E-state index in [0.29, 0.717) is 12.6 Å². The molecule has 0 unspecified atom stereocenters. The Bertz CT molecular complexity index is 125. The first-order valence-corrected chi connectivity index (χ1v) is 3.72. The number of aliphatic imine (C=N–C) groups is 1. The van der Waals surface area contributed by atoms with E-state index < -0.39 is 0 Å². The molecule has 0 aromatic carbocycles. The van der Waals surface area contributed by atoms with Crippen LogP contribution in [0.2, 0.25) is 0 Å². The summed E-state index contributed by atoms with van der Waals surface area (Å²) in [6.45, 7) is 4.39. The summed E-state index contributed by atoms with van der Waals surface area (Å²) in [6.07, 6.45) is 0. The van der Waals surface area contributed by atoms with Crippen LogP contribution in [0.3, 0.4) is 0 Å². The van der Waals surface area contributed by atoms with Crippen LogP contribution in [-0.2, 0) is 4.74 Å². The molecule has 0 spiro atoms. The molecule has 0 atom stereocenters. The summed E-state index contributed by atoms with van der Waals surface area (Å²) in [7, 11) is 3.36. The van der Waals surface area contributed by atoms with Crippen molar-refractivity contribution in [1.29, 1.82) is 0 Å². The lowest BCUT2D eigenvalue weighted by Crippen LogP contribution is -2.39. The van der Waals surface area contributed by atoms with Gasteiger partial charge < -0.3 is 15.4 Å². The van der Waals surface area contributed by atoms with Gasteiger partial charge >= 0.3 is 0 Å². The molecule has 0 aromatic heterocycles. The third-order valence-electron chi connectivity index (χ3n) is 1.50. The van der Waals surface area contributed by atoms with Gasteiger partial charge in [0.25, 0.3) is 0 Å². The van der Waals surface area contributed by atoms with Gasteiger partial charge in [-0.25, -0.2) is 0 Å². The lowest BCUT2D eigenvalue weighted by atomic mass is 10.5. The van der Waals surface area contributed by atoms with Crippen LogP contribution in [-0.4, -0.2) is 44.7 Å². The molecule has 0 fully saturated rings. The Morgan fingerprint density at radius 3 is 2.64 bits per heavy atom. The number of methoxy groups -OCH3 is 1. The van der Waals surface area contributed by atoms with Crippen molar-refractivity contribution in [1.82, 2.24) is 4.90 Å². The fraction of sp³-hybridized carbons (Fsp3) is 0.857. The smallest absolute Gasteiger partial charge is 0.191 e. The van der Waals surface area contributed by atoms with Crippen LogP contribution in [0.25, 0.3) is 0 Å². The predicted molar refractivity (Wildman–Crippen MR) is 46.7 cm³/mol. The van der Waals surface area contributed by atoms with Gasteiger partial charge in [0.2, 0.25) is 0 Å². The molecule has 0 aliphatic carbocycles. The molecular formula is C7H17N3O. The van der Waals surface area contributed by atoms with Gasteiger partial charge in [0.15, 0.2) is 5.96 Å². The first kappa shape index (κ1) is 10.2. The van der Waals surface area contributed by atoms with E-state index in [1.807, 2.05) is 11.8 Å². The van der Waals surface area contributed by atoms with Gasteiger partial charge in [-0.15, -0.1) is 0 Å². The van der Waals surface area contributed by atoms with Gasteiger partial charge in [-0.3, -0.25) is 4.99 Å². The standard InChI is InChI=1S/C7H17N3O/c1-4-10(5-6-11-3)7(8)9-2/h4-6H2,1-3H3,(H2,8,9). The van der Waals surface area contributed by atoms with Crippen LogP contribution in [0.1, 0.15) is 6.92 Å². The Hall–Kier alpha value is -0.770. The highest BCUT2D eigenvalue weighted by molar-refractivity contribution is 5.77. The summed E-state index contributed by atoms with van der Waals surface area (Å²) in [4.78, 5) is 5.84. The molecule has 0 saturated carbocycles. The minimum atomic E-state index is 0.574. The van der Waals surface area contributed by atoms with Gasteiger partial charge in [-0.05, 0) is 6.92 Å². The van der Waals surface area contributed by atoms with E-state index in [1.54, 1.807) is 14.2 Å². The van der Waals surface area contributed by atoms with Crippen molar-refractivity contribution in [2.45, 2.75) is 6.92 Å². The Labute approximate surface area is 68.0 Å². The van der Waals surface area contributed by atoms with Gasteiger partial charge in [-0.2, -0.15) is 0 Å². The SMILES string of the molecule is CCN(CCOC)C(N)=NC. The summed E-state index contributed by atoms with van der Waals surface area (Å²) in [5, 5.41) is 0. The number of ether oxygens (including phenoxy) is 1. The molecule has 2 N–H and O–H groups in total. The molecule has 0 amide bonds. The summed E-state index contributed by atoms with van der Waals surface area (Å²) in [5.41, 5.74) is 5.59. The number of hydrogen-bond acceptors (Lipinski definition) is 2. The van der Waals surface area contributed by atoms with E-state index in [0.717, 1.165) is 13.1 Å². The fourth-order valence-corrected chi connectivity index (χ4v) is 0.778. The Morgan fingerprint density at radius 1 is 1.64 bits per heavy atom. The number of likely N-dealkylation sites (N-methyl/N-ethyl adjacent to an activating group) is 1. The van der Waals surface area contributed by atoms with Crippen LogP contribution >= 0.6 is 0 Å². The maximum absolute atomic E-state index is 5.59. The lowest BCUT2D eigenvalue weighted by molar-refractivity contribution is 0.177. The van der Waals surface area contributed by atoms with Crippen LogP contribution in [0.5, 0.6) is 0 Å². The molecule has 4 heteroatoms. The second-order valence-electron chi connectivity index (χ2n) is 2.15. The minimum Gasteiger partial charge on any atom is -0.383 e. The highest BCUT2D eigenvalue weighted by atomic mass is 16.5.